The predicted octanol–water partition coefficient (Wildman–Crippen LogP) is 3.94. The summed E-state index contributed by atoms with van der Waals surface area (Å²) in [6.45, 7) is 8.52. The van der Waals surface area contributed by atoms with Gasteiger partial charge in [0.15, 0.2) is 5.78 Å². The zero-order valence-corrected chi connectivity index (χ0v) is 11.5. The summed E-state index contributed by atoms with van der Waals surface area (Å²) in [6.07, 6.45) is 1.61. The summed E-state index contributed by atoms with van der Waals surface area (Å²) < 4.78 is 0. The molecule has 0 aliphatic heterocycles. The van der Waals surface area contributed by atoms with Crippen molar-refractivity contribution in [2.24, 2.45) is 5.41 Å². The van der Waals surface area contributed by atoms with Crippen molar-refractivity contribution in [1.29, 1.82) is 0 Å². The molecule has 2 nitrogen and oxygen atoms in total. The Morgan fingerprint density at radius 3 is 2.61 bits per heavy atom. The van der Waals surface area contributed by atoms with E-state index in [-0.39, 0.29) is 11.2 Å². The Labute approximate surface area is 107 Å². The standard InChI is InChI=1S/C16H19NO/c1-9-5-10(2)15-11(6-9)14-12(17-15)7-16(3,4)8-13(14)18/h5-6,17H,7-8H2,1-4H3. The maximum absolute atomic E-state index is 12.4. The van der Waals surface area contributed by atoms with E-state index >= 15 is 0 Å². The molecular weight excluding hydrogens is 222 g/mol. The molecule has 1 aromatic carbocycles. The van der Waals surface area contributed by atoms with E-state index in [0.29, 0.717) is 6.42 Å². The highest BCUT2D eigenvalue weighted by Crippen LogP contribution is 2.38. The number of rotatable bonds is 0. The van der Waals surface area contributed by atoms with Crippen molar-refractivity contribution in [1.82, 2.24) is 4.98 Å². The van der Waals surface area contributed by atoms with E-state index in [1.807, 2.05) is 0 Å². The van der Waals surface area contributed by atoms with Crippen LogP contribution in [0, 0.1) is 19.3 Å². The van der Waals surface area contributed by atoms with Gasteiger partial charge in [-0.3, -0.25) is 4.79 Å². The van der Waals surface area contributed by atoms with E-state index in [2.05, 4.69) is 44.8 Å². The summed E-state index contributed by atoms with van der Waals surface area (Å²) in [5, 5.41) is 1.11. The molecule has 1 aliphatic carbocycles. The SMILES string of the molecule is Cc1cc(C)c2[nH]c3c(c2c1)C(=O)CC(C)(C)C3. The van der Waals surface area contributed by atoms with Gasteiger partial charge in [0, 0.05) is 28.6 Å². The van der Waals surface area contributed by atoms with Gasteiger partial charge < -0.3 is 4.98 Å². The van der Waals surface area contributed by atoms with Crippen molar-refractivity contribution < 1.29 is 4.79 Å². The van der Waals surface area contributed by atoms with Crippen LogP contribution in [0.3, 0.4) is 0 Å². The minimum atomic E-state index is 0.0773. The molecule has 94 valence electrons. The summed E-state index contributed by atoms with van der Waals surface area (Å²) in [4.78, 5) is 15.9. The Balaban J connectivity index is 2.34. The van der Waals surface area contributed by atoms with Crippen LogP contribution in [0.2, 0.25) is 0 Å². The molecule has 0 unspecified atom stereocenters. The quantitative estimate of drug-likeness (QED) is 0.744. The third-order valence-corrected chi connectivity index (χ3v) is 3.90. The van der Waals surface area contributed by atoms with Crippen molar-refractivity contribution in [2.75, 3.05) is 0 Å². The fourth-order valence-electron chi connectivity index (χ4n) is 3.22. The molecule has 3 rings (SSSR count). The number of hydrogen-bond donors (Lipinski definition) is 1. The number of H-pyrrole nitrogens is 1. The Bertz CT molecular complexity index is 661. The van der Waals surface area contributed by atoms with E-state index in [4.69, 9.17) is 0 Å². The minimum Gasteiger partial charge on any atom is -0.358 e. The first kappa shape index (κ1) is 11.5. The van der Waals surface area contributed by atoms with Crippen LogP contribution >= 0.6 is 0 Å². The largest absolute Gasteiger partial charge is 0.358 e. The highest BCUT2D eigenvalue weighted by molar-refractivity contribution is 6.11. The lowest BCUT2D eigenvalue weighted by molar-refractivity contribution is 0.0913. The van der Waals surface area contributed by atoms with Crippen LogP contribution in [0.1, 0.15) is 47.4 Å². The normalized spacial score (nSPS) is 18.1. The van der Waals surface area contributed by atoms with Crippen molar-refractivity contribution in [3.8, 4) is 0 Å². The average Bonchev–Trinajstić information content (AvgIpc) is 2.54. The van der Waals surface area contributed by atoms with Crippen molar-refractivity contribution >= 4 is 16.7 Å². The molecule has 0 bridgehead atoms. The van der Waals surface area contributed by atoms with Crippen LogP contribution in [0.15, 0.2) is 12.1 Å². The van der Waals surface area contributed by atoms with Crippen LogP contribution in [0.4, 0.5) is 0 Å². The first-order chi connectivity index (χ1) is 8.37. The van der Waals surface area contributed by atoms with E-state index in [1.165, 1.54) is 11.1 Å². The topological polar surface area (TPSA) is 32.9 Å². The molecule has 0 saturated carbocycles. The fraction of sp³-hybridized carbons (Fsp3) is 0.438. The highest BCUT2D eigenvalue weighted by Gasteiger charge is 2.33. The zero-order valence-electron chi connectivity index (χ0n) is 11.5. The molecule has 18 heavy (non-hydrogen) atoms. The zero-order chi connectivity index (χ0) is 13.1. The maximum Gasteiger partial charge on any atom is 0.165 e. The number of fused-ring (bicyclic) bond motifs is 3. The highest BCUT2D eigenvalue weighted by atomic mass is 16.1. The molecule has 2 aromatic rings. The number of aromatic nitrogens is 1. The van der Waals surface area contributed by atoms with Gasteiger partial charge >= 0.3 is 0 Å². The van der Waals surface area contributed by atoms with Gasteiger partial charge in [-0.25, -0.2) is 0 Å². The molecule has 1 heterocycles. The van der Waals surface area contributed by atoms with Crippen molar-refractivity contribution in [3.05, 3.63) is 34.5 Å². The summed E-state index contributed by atoms with van der Waals surface area (Å²) in [5.74, 6) is 0.289. The van der Waals surface area contributed by atoms with Crippen molar-refractivity contribution in [2.45, 2.75) is 40.5 Å². The molecule has 0 atom stereocenters. The Morgan fingerprint density at radius 1 is 1.17 bits per heavy atom. The third-order valence-electron chi connectivity index (χ3n) is 3.90. The predicted molar refractivity (Wildman–Crippen MR) is 74.2 cm³/mol. The fourth-order valence-corrected chi connectivity index (χ4v) is 3.22. The molecule has 0 fully saturated rings. The van der Waals surface area contributed by atoms with Crippen LogP contribution in [0.5, 0.6) is 0 Å². The summed E-state index contributed by atoms with van der Waals surface area (Å²) >= 11 is 0. The number of Topliss-reactive ketones (excluding diaryl/α,β-unsaturated/α-hetero) is 1. The maximum atomic E-state index is 12.4. The molecule has 0 saturated heterocycles. The van der Waals surface area contributed by atoms with Gasteiger partial charge in [-0.2, -0.15) is 0 Å². The van der Waals surface area contributed by atoms with Crippen LogP contribution in [-0.2, 0) is 6.42 Å². The molecule has 0 amide bonds. The molecule has 1 aliphatic rings. The second-order valence-electron chi connectivity index (χ2n) is 6.42. The minimum absolute atomic E-state index is 0.0773. The third kappa shape index (κ3) is 1.59. The number of nitrogens with one attached hydrogen (secondary N) is 1. The van der Waals surface area contributed by atoms with Gasteiger partial charge in [0.25, 0.3) is 0 Å². The smallest absolute Gasteiger partial charge is 0.165 e. The summed E-state index contributed by atoms with van der Waals surface area (Å²) in [6, 6.07) is 4.30. The van der Waals surface area contributed by atoms with Gasteiger partial charge in [-0.1, -0.05) is 25.5 Å². The molecule has 1 aromatic heterocycles. The monoisotopic (exact) mass is 241 g/mol. The van der Waals surface area contributed by atoms with E-state index in [1.54, 1.807) is 0 Å². The van der Waals surface area contributed by atoms with Gasteiger partial charge in [0.1, 0.15) is 0 Å². The number of carbonyl (C=O) groups is 1. The molecule has 0 spiro atoms. The van der Waals surface area contributed by atoms with Gasteiger partial charge in [-0.05, 0) is 37.3 Å². The second kappa shape index (κ2) is 3.47. The Morgan fingerprint density at radius 2 is 1.89 bits per heavy atom. The number of hydrogen-bond acceptors (Lipinski definition) is 1. The lowest BCUT2D eigenvalue weighted by Crippen LogP contribution is -2.26. The van der Waals surface area contributed by atoms with Crippen molar-refractivity contribution in [3.63, 3.8) is 0 Å². The van der Waals surface area contributed by atoms with Gasteiger partial charge in [0.2, 0.25) is 0 Å². The first-order valence-electron chi connectivity index (χ1n) is 6.52. The Kier molecular flexibility index (Phi) is 2.22. The van der Waals surface area contributed by atoms with E-state index < -0.39 is 0 Å². The van der Waals surface area contributed by atoms with Gasteiger partial charge in [-0.15, -0.1) is 0 Å². The number of benzene rings is 1. The van der Waals surface area contributed by atoms with E-state index in [9.17, 15) is 4.79 Å². The number of aromatic amines is 1. The lowest BCUT2D eigenvalue weighted by atomic mass is 9.76. The molecule has 1 N–H and O–H groups in total. The molecule has 2 heteroatoms. The molecule has 0 radical (unpaired) electrons. The second-order valence-corrected chi connectivity index (χ2v) is 6.42. The Hall–Kier alpha value is -1.57. The van der Waals surface area contributed by atoms with Crippen LogP contribution in [0.25, 0.3) is 10.9 Å². The lowest BCUT2D eigenvalue weighted by Gasteiger charge is -2.28. The van der Waals surface area contributed by atoms with E-state index in [0.717, 1.165) is 28.6 Å². The number of carbonyl (C=O) groups excluding carboxylic acids is 1. The van der Waals surface area contributed by atoms with Crippen LogP contribution < -0.4 is 0 Å². The molecular formula is C16H19NO. The number of aryl methyl sites for hydroxylation is 2. The first-order valence-corrected chi connectivity index (χ1v) is 6.52. The van der Waals surface area contributed by atoms with Crippen LogP contribution in [-0.4, -0.2) is 10.8 Å². The summed E-state index contributed by atoms with van der Waals surface area (Å²) in [7, 11) is 0. The average molecular weight is 241 g/mol. The summed E-state index contributed by atoms with van der Waals surface area (Å²) in [5.41, 5.74) is 5.73. The number of ketones is 1. The van der Waals surface area contributed by atoms with Gasteiger partial charge in [0.05, 0.1) is 0 Å².